The average Bonchev–Trinajstić information content (AvgIpc) is 3.28. The summed E-state index contributed by atoms with van der Waals surface area (Å²) in [7, 11) is 0. The van der Waals surface area contributed by atoms with Crippen molar-refractivity contribution in [2.75, 3.05) is 6.54 Å². The number of thiazole rings is 1. The summed E-state index contributed by atoms with van der Waals surface area (Å²) in [6, 6.07) is 14.1. The van der Waals surface area contributed by atoms with E-state index in [1.165, 1.54) is 5.56 Å². The molecular weight excluding hydrogens is 436 g/mol. The number of aryl methyl sites for hydroxylation is 2. The van der Waals surface area contributed by atoms with Crippen molar-refractivity contribution in [1.29, 1.82) is 0 Å². The zero-order valence-corrected chi connectivity index (χ0v) is 18.0. The van der Waals surface area contributed by atoms with Crippen LogP contribution in [-0.4, -0.2) is 17.4 Å². The Bertz CT molecular complexity index is 1150. The smallest absolute Gasteiger partial charge is 0.287 e. The summed E-state index contributed by atoms with van der Waals surface area (Å²) in [5.41, 5.74) is 4.90. The third kappa shape index (κ3) is 3.88. The molecule has 0 atom stereocenters. The Kier molecular flexibility index (Phi) is 5.33. The van der Waals surface area contributed by atoms with Gasteiger partial charge in [0.05, 0.1) is 5.69 Å². The highest BCUT2D eigenvalue weighted by Gasteiger charge is 2.17. The summed E-state index contributed by atoms with van der Waals surface area (Å²) >= 11 is 5.08. The van der Waals surface area contributed by atoms with Crippen molar-refractivity contribution in [1.82, 2.24) is 10.3 Å². The Balaban J connectivity index is 1.40. The monoisotopic (exact) mass is 454 g/mol. The largest absolute Gasteiger partial charge is 0.451 e. The minimum absolute atomic E-state index is 0.196. The van der Waals surface area contributed by atoms with Gasteiger partial charge in [-0.2, -0.15) is 0 Å². The van der Waals surface area contributed by atoms with Gasteiger partial charge in [0.1, 0.15) is 10.6 Å². The van der Waals surface area contributed by atoms with Crippen molar-refractivity contribution in [3.8, 4) is 10.6 Å². The minimum Gasteiger partial charge on any atom is -0.451 e. The standard InChI is InChI=1S/C22H19BrN2O2S/c1-13-3-5-15(6-4-13)22-25-17(12-28-22)9-10-24-21(26)20-14(2)18-11-16(23)7-8-19(18)27-20/h3-8,11-12H,9-10H2,1-2H3,(H,24,26). The van der Waals surface area contributed by atoms with Crippen LogP contribution in [0.4, 0.5) is 0 Å². The summed E-state index contributed by atoms with van der Waals surface area (Å²) in [6.07, 6.45) is 0.679. The van der Waals surface area contributed by atoms with E-state index in [0.717, 1.165) is 31.7 Å². The van der Waals surface area contributed by atoms with Crippen LogP contribution in [0.2, 0.25) is 0 Å². The summed E-state index contributed by atoms with van der Waals surface area (Å²) in [5, 5.41) is 6.93. The van der Waals surface area contributed by atoms with Crippen molar-refractivity contribution in [2.24, 2.45) is 0 Å². The second-order valence-electron chi connectivity index (χ2n) is 6.71. The van der Waals surface area contributed by atoms with Crippen molar-refractivity contribution < 1.29 is 9.21 Å². The molecule has 0 fully saturated rings. The molecule has 0 radical (unpaired) electrons. The number of carbonyl (C=O) groups is 1. The number of rotatable bonds is 5. The molecule has 0 aliphatic carbocycles. The van der Waals surface area contributed by atoms with Crippen LogP contribution in [0, 0.1) is 13.8 Å². The number of nitrogens with zero attached hydrogens (tertiary/aromatic N) is 1. The topological polar surface area (TPSA) is 55.1 Å². The van der Waals surface area contributed by atoms with Crippen LogP contribution in [0.3, 0.4) is 0 Å². The maximum atomic E-state index is 12.5. The Morgan fingerprint density at radius 2 is 1.96 bits per heavy atom. The first kappa shape index (κ1) is 18.9. The molecule has 0 bridgehead atoms. The molecule has 0 saturated carbocycles. The molecule has 2 aromatic carbocycles. The van der Waals surface area contributed by atoms with Gasteiger partial charge in [-0.25, -0.2) is 4.98 Å². The van der Waals surface area contributed by atoms with Crippen LogP contribution in [0.5, 0.6) is 0 Å². The number of amides is 1. The third-order valence-electron chi connectivity index (χ3n) is 4.62. The Hall–Kier alpha value is -2.44. The zero-order valence-electron chi connectivity index (χ0n) is 15.6. The van der Waals surface area contributed by atoms with E-state index in [2.05, 4.69) is 57.4 Å². The van der Waals surface area contributed by atoms with Gasteiger partial charge in [0, 0.05) is 39.3 Å². The lowest BCUT2D eigenvalue weighted by Crippen LogP contribution is -2.25. The van der Waals surface area contributed by atoms with Gasteiger partial charge in [0.25, 0.3) is 5.91 Å². The van der Waals surface area contributed by atoms with Gasteiger partial charge >= 0.3 is 0 Å². The van der Waals surface area contributed by atoms with Crippen LogP contribution in [0.1, 0.15) is 27.4 Å². The Labute approximate surface area is 175 Å². The quantitative estimate of drug-likeness (QED) is 0.407. The van der Waals surface area contributed by atoms with E-state index >= 15 is 0 Å². The lowest BCUT2D eigenvalue weighted by molar-refractivity contribution is 0.0927. The first-order valence-corrected chi connectivity index (χ1v) is 10.7. The first-order valence-electron chi connectivity index (χ1n) is 8.99. The average molecular weight is 455 g/mol. The van der Waals surface area contributed by atoms with Gasteiger partial charge in [-0.05, 0) is 32.0 Å². The molecule has 2 aromatic heterocycles. The van der Waals surface area contributed by atoms with Gasteiger partial charge in [-0.3, -0.25) is 4.79 Å². The molecule has 0 aliphatic heterocycles. The fourth-order valence-electron chi connectivity index (χ4n) is 3.04. The van der Waals surface area contributed by atoms with Gasteiger partial charge in [-0.15, -0.1) is 11.3 Å². The summed E-state index contributed by atoms with van der Waals surface area (Å²) in [4.78, 5) is 17.2. The molecule has 0 unspecified atom stereocenters. The third-order valence-corrected chi connectivity index (χ3v) is 6.05. The van der Waals surface area contributed by atoms with E-state index in [-0.39, 0.29) is 5.91 Å². The fraction of sp³-hybridized carbons (Fsp3) is 0.182. The number of hydrogen-bond donors (Lipinski definition) is 1. The minimum atomic E-state index is -0.196. The molecule has 1 N–H and O–H groups in total. The fourth-order valence-corrected chi connectivity index (χ4v) is 4.27. The van der Waals surface area contributed by atoms with E-state index in [1.54, 1.807) is 11.3 Å². The lowest BCUT2D eigenvalue weighted by Gasteiger charge is -2.02. The predicted octanol–water partition coefficient (Wildman–Crippen LogP) is 5.91. The van der Waals surface area contributed by atoms with Crippen molar-refractivity contribution in [2.45, 2.75) is 20.3 Å². The summed E-state index contributed by atoms with van der Waals surface area (Å²) < 4.78 is 6.71. The number of aromatic nitrogens is 1. The van der Waals surface area contributed by atoms with Crippen LogP contribution in [0.15, 0.2) is 56.7 Å². The van der Waals surface area contributed by atoms with E-state index in [9.17, 15) is 4.79 Å². The maximum absolute atomic E-state index is 12.5. The van der Waals surface area contributed by atoms with Crippen LogP contribution < -0.4 is 5.32 Å². The molecule has 2 heterocycles. The van der Waals surface area contributed by atoms with Gasteiger partial charge in [-0.1, -0.05) is 45.8 Å². The number of nitrogens with one attached hydrogen (secondary N) is 1. The summed E-state index contributed by atoms with van der Waals surface area (Å²) in [5.74, 6) is 0.172. The lowest BCUT2D eigenvalue weighted by atomic mass is 10.1. The maximum Gasteiger partial charge on any atom is 0.287 e. The second-order valence-corrected chi connectivity index (χ2v) is 8.49. The molecular formula is C22H19BrN2O2S. The molecule has 1 amide bonds. The van der Waals surface area contributed by atoms with E-state index in [1.807, 2.05) is 30.5 Å². The number of fused-ring (bicyclic) bond motifs is 1. The molecule has 4 aromatic rings. The summed E-state index contributed by atoms with van der Waals surface area (Å²) in [6.45, 7) is 4.49. The van der Waals surface area contributed by atoms with E-state index < -0.39 is 0 Å². The molecule has 4 nitrogen and oxygen atoms in total. The molecule has 4 rings (SSSR count). The van der Waals surface area contributed by atoms with Gasteiger partial charge in [0.2, 0.25) is 0 Å². The molecule has 28 heavy (non-hydrogen) atoms. The molecule has 142 valence electrons. The van der Waals surface area contributed by atoms with Gasteiger partial charge < -0.3 is 9.73 Å². The number of halogens is 1. The highest BCUT2D eigenvalue weighted by molar-refractivity contribution is 9.10. The van der Waals surface area contributed by atoms with Crippen molar-refractivity contribution in [3.63, 3.8) is 0 Å². The van der Waals surface area contributed by atoms with Crippen LogP contribution >= 0.6 is 27.3 Å². The number of benzene rings is 2. The number of carbonyl (C=O) groups excluding carboxylic acids is 1. The van der Waals surface area contributed by atoms with E-state index in [0.29, 0.717) is 24.3 Å². The molecule has 6 heteroatoms. The molecule has 0 saturated heterocycles. The Morgan fingerprint density at radius 3 is 2.75 bits per heavy atom. The number of hydrogen-bond acceptors (Lipinski definition) is 4. The predicted molar refractivity (Wildman–Crippen MR) is 117 cm³/mol. The molecule has 0 aliphatic rings. The SMILES string of the molecule is Cc1ccc(-c2nc(CCNC(=O)c3oc4ccc(Br)cc4c3C)cs2)cc1. The zero-order chi connectivity index (χ0) is 19.7. The van der Waals surface area contributed by atoms with E-state index in [4.69, 9.17) is 4.42 Å². The first-order chi connectivity index (χ1) is 13.5. The van der Waals surface area contributed by atoms with Gasteiger partial charge in [0.15, 0.2) is 5.76 Å². The van der Waals surface area contributed by atoms with Crippen LogP contribution in [-0.2, 0) is 6.42 Å². The highest BCUT2D eigenvalue weighted by Crippen LogP contribution is 2.28. The Morgan fingerprint density at radius 1 is 1.18 bits per heavy atom. The normalized spacial score (nSPS) is 11.1. The highest BCUT2D eigenvalue weighted by atomic mass is 79.9. The second kappa shape index (κ2) is 7.89. The van der Waals surface area contributed by atoms with Crippen molar-refractivity contribution in [3.05, 3.63) is 74.9 Å². The van der Waals surface area contributed by atoms with Crippen molar-refractivity contribution >= 4 is 44.1 Å². The number of furan rings is 1. The molecule has 0 spiro atoms. The van der Waals surface area contributed by atoms with Crippen LogP contribution in [0.25, 0.3) is 21.5 Å².